The van der Waals surface area contributed by atoms with E-state index in [0.717, 1.165) is 0 Å². The van der Waals surface area contributed by atoms with Gasteiger partial charge in [0.25, 0.3) is 0 Å². The number of carbonyl (C=O) groups is 2. The Labute approximate surface area is 179 Å². The van der Waals surface area contributed by atoms with Crippen LogP contribution < -0.4 is 5.73 Å². The number of imidazole rings is 1. The zero-order chi connectivity index (χ0) is 23.0. The van der Waals surface area contributed by atoms with Crippen LogP contribution in [0.5, 0.6) is 0 Å². The van der Waals surface area contributed by atoms with Crippen LogP contribution in [0.15, 0.2) is 6.33 Å². The molecule has 0 aromatic carbocycles. The second-order valence-electron chi connectivity index (χ2n) is 7.14. The van der Waals surface area contributed by atoms with Crippen LogP contribution in [-0.2, 0) is 23.7 Å². The maximum Gasteiger partial charge on any atom is 0.509 e. The number of aliphatic hydroxyl groups excluding tert-OH is 1. The summed E-state index contributed by atoms with van der Waals surface area (Å²) in [4.78, 5) is 34.1. The number of carbonyl (C=O) groups excluding carboxylic acids is 2. The Kier molecular flexibility index (Phi) is 5.45. The highest BCUT2D eigenvalue weighted by Crippen LogP contribution is 2.38. The topological polar surface area (TPSA) is 170 Å². The van der Waals surface area contributed by atoms with E-state index in [0.29, 0.717) is 0 Å². The van der Waals surface area contributed by atoms with Gasteiger partial charge in [0.05, 0.1) is 6.33 Å². The monoisotopic (exact) mass is 451 g/mol. The lowest BCUT2D eigenvalue weighted by molar-refractivity contribution is -0.0994. The molecule has 0 saturated carbocycles. The van der Waals surface area contributed by atoms with Crippen LogP contribution >= 0.6 is 0 Å². The fraction of sp³-hybridized carbons (Fsp3) is 0.500. The number of hydrogen-bond acceptors (Lipinski definition) is 12. The first kappa shape index (κ1) is 21.5. The molecule has 0 bridgehead atoms. The second-order valence-corrected chi connectivity index (χ2v) is 7.14. The lowest BCUT2D eigenvalue weighted by Crippen LogP contribution is -2.43. The van der Waals surface area contributed by atoms with Gasteiger partial charge < -0.3 is 34.5 Å². The largest absolute Gasteiger partial charge is 0.509 e. The van der Waals surface area contributed by atoms with Gasteiger partial charge in [0, 0.05) is 6.42 Å². The van der Waals surface area contributed by atoms with E-state index in [4.69, 9.17) is 35.8 Å². The standard InChI is InChI=1S/C18H18FN5O8/c1-3-18(6-29-16(26)28-5-9-8(2)30-17(27)31-9)10(25)4-11(32-18)24-7-21-12-13(20)22-15(19)23-14(12)24/h1,7-11,25H,4-6H2,2H3,(H2,20,22,23)/t8?,9?,10-,11+,18+/m0/s1. The number of cyclic esters (lactones) is 2. The molecule has 0 amide bonds. The molecule has 4 heterocycles. The molecule has 2 aliphatic rings. The normalized spacial score (nSPS) is 29.4. The molecular weight excluding hydrogens is 433 g/mol. The third kappa shape index (κ3) is 3.83. The Bertz CT molecular complexity index is 1100. The molecule has 0 aliphatic carbocycles. The molecule has 32 heavy (non-hydrogen) atoms. The fourth-order valence-corrected chi connectivity index (χ4v) is 3.35. The first-order chi connectivity index (χ1) is 15.2. The number of nitrogens with zero attached hydrogens (tertiary/aromatic N) is 4. The summed E-state index contributed by atoms with van der Waals surface area (Å²) >= 11 is 0. The van der Waals surface area contributed by atoms with E-state index >= 15 is 0 Å². The van der Waals surface area contributed by atoms with E-state index in [1.54, 1.807) is 6.92 Å². The van der Waals surface area contributed by atoms with Crippen LogP contribution in [0, 0.1) is 18.4 Å². The number of anilines is 1. The Balaban J connectivity index is 1.41. The molecule has 2 aromatic rings. The van der Waals surface area contributed by atoms with Crippen molar-refractivity contribution < 1.29 is 42.8 Å². The minimum absolute atomic E-state index is 0.0352. The van der Waals surface area contributed by atoms with E-state index in [1.165, 1.54) is 10.9 Å². The summed E-state index contributed by atoms with van der Waals surface area (Å²) in [6, 6.07) is 0. The molecule has 2 saturated heterocycles. The van der Waals surface area contributed by atoms with Gasteiger partial charge in [-0.15, -0.1) is 6.42 Å². The average Bonchev–Trinajstić information content (AvgIpc) is 3.40. The number of hydrogen-bond donors (Lipinski definition) is 2. The predicted octanol–water partition coefficient (Wildman–Crippen LogP) is 0.276. The van der Waals surface area contributed by atoms with Crippen LogP contribution in [0.3, 0.4) is 0 Å². The number of ether oxygens (including phenoxy) is 5. The van der Waals surface area contributed by atoms with Gasteiger partial charge in [-0.3, -0.25) is 4.57 Å². The molecule has 2 aliphatic heterocycles. The highest BCUT2D eigenvalue weighted by atomic mass is 19.1. The van der Waals surface area contributed by atoms with E-state index in [9.17, 15) is 19.1 Å². The molecule has 2 fully saturated rings. The number of aromatic nitrogens is 4. The van der Waals surface area contributed by atoms with Crippen molar-refractivity contribution in [2.45, 2.75) is 43.5 Å². The summed E-state index contributed by atoms with van der Waals surface area (Å²) in [6.07, 6.45) is 0.236. The van der Waals surface area contributed by atoms with Crippen LogP contribution in [0.1, 0.15) is 19.6 Å². The zero-order valence-electron chi connectivity index (χ0n) is 16.6. The lowest BCUT2D eigenvalue weighted by atomic mass is 9.99. The molecule has 14 heteroatoms. The number of rotatable bonds is 5. The van der Waals surface area contributed by atoms with E-state index < -0.39 is 55.1 Å². The molecule has 0 radical (unpaired) electrons. The van der Waals surface area contributed by atoms with Crippen molar-refractivity contribution >= 4 is 29.3 Å². The van der Waals surface area contributed by atoms with Crippen LogP contribution in [0.25, 0.3) is 11.2 Å². The summed E-state index contributed by atoms with van der Waals surface area (Å²) in [5.41, 5.74) is 4.13. The van der Waals surface area contributed by atoms with Crippen molar-refractivity contribution in [3.63, 3.8) is 0 Å². The highest BCUT2D eigenvalue weighted by molar-refractivity contribution is 5.81. The van der Waals surface area contributed by atoms with Crippen molar-refractivity contribution in [1.29, 1.82) is 0 Å². The Hall–Kier alpha value is -3.70. The van der Waals surface area contributed by atoms with Gasteiger partial charge in [0.2, 0.25) is 0 Å². The quantitative estimate of drug-likeness (QED) is 0.362. The first-order valence-corrected chi connectivity index (χ1v) is 9.38. The Morgan fingerprint density at radius 3 is 2.94 bits per heavy atom. The van der Waals surface area contributed by atoms with Gasteiger partial charge in [-0.05, 0) is 6.92 Å². The number of nitrogen functional groups attached to an aromatic ring is 1. The van der Waals surface area contributed by atoms with Gasteiger partial charge in [0.1, 0.15) is 31.6 Å². The maximum atomic E-state index is 13.6. The van der Waals surface area contributed by atoms with Crippen LogP contribution in [0.2, 0.25) is 0 Å². The van der Waals surface area contributed by atoms with Gasteiger partial charge in [-0.25, -0.2) is 14.6 Å². The van der Waals surface area contributed by atoms with Gasteiger partial charge in [-0.1, -0.05) is 5.92 Å². The molecule has 0 spiro atoms. The number of halogens is 1. The maximum absolute atomic E-state index is 13.6. The third-order valence-corrected chi connectivity index (χ3v) is 5.11. The summed E-state index contributed by atoms with van der Waals surface area (Å²) < 4.78 is 40.2. The average molecular weight is 451 g/mol. The molecule has 3 N–H and O–H groups in total. The second kappa shape index (κ2) is 8.09. The fourth-order valence-electron chi connectivity index (χ4n) is 3.35. The number of aliphatic hydroxyl groups is 1. The van der Waals surface area contributed by atoms with Crippen molar-refractivity contribution in [1.82, 2.24) is 19.5 Å². The third-order valence-electron chi connectivity index (χ3n) is 5.11. The van der Waals surface area contributed by atoms with E-state index in [1.807, 2.05) is 0 Å². The van der Waals surface area contributed by atoms with Gasteiger partial charge in [0.15, 0.2) is 28.7 Å². The summed E-state index contributed by atoms with van der Waals surface area (Å²) in [6.45, 7) is 0.730. The number of fused-ring (bicyclic) bond motifs is 1. The molecule has 2 unspecified atom stereocenters. The molecule has 4 rings (SSSR count). The summed E-state index contributed by atoms with van der Waals surface area (Å²) in [5, 5.41) is 10.5. The van der Waals surface area contributed by atoms with E-state index in [-0.39, 0.29) is 30.0 Å². The molecule has 13 nitrogen and oxygen atoms in total. The minimum atomic E-state index is -1.71. The van der Waals surface area contributed by atoms with Crippen LogP contribution in [0.4, 0.5) is 19.8 Å². The molecular formula is C18H18FN5O8. The lowest BCUT2D eigenvalue weighted by Gasteiger charge is -2.26. The summed E-state index contributed by atoms with van der Waals surface area (Å²) in [7, 11) is 0. The zero-order valence-corrected chi connectivity index (χ0v) is 16.6. The predicted molar refractivity (Wildman–Crippen MR) is 100 cm³/mol. The molecule has 5 atom stereocenters. The molecule has 2 aromatic heterocycles. The minimum Gasteiger partial charge on any atom is -0.430 e. The van der Waals surface area contributed by atoms with Crippen LogP contribution in [-0.4, -0.2) is 74.1 Å². The first-order valence-electron chi connectivity index (χ1n) is 9.38. The molecule has 170 valence electrons. The van der Waals surface area contributed by atoms with Gasteiger partial charge in [-0.2, -0.15) is 14.4 Å². The van der Waals surface area contributed by atoms with Crippen molar-refractivity contribution in [2.75, 3.05) is 18.9 Å². The smallest absolute Gasteiger partial charge is 0.430 e. The van der Waals surface area contributed by atoms with Crippen molar-refractivity contribution in [3.8, 4) is 12.3 Å². The Morgan fingerprint density at radius 1 is 1.47 bits per heavy atom. The van der Waals surface area contributed by atoms with Gasteiger partial charge >= 0.3 is 18.4 Å². The highest BCUT2D eigenvalue weighted by Gasteiger charge is 2.49. The number of nitrogens with two attached hydrogens (primary N) is 1. The van der Waals surface area contributed by atoms with Crippen molar-refractivity contribution in [2.24, 2.45) is 0 Å². The summed E-state index contributed by atoms with van der Waals surface area (Å²) in [5.74, 6) is 2.14. The van der Waals surface area contributed by atoms with Crippen molar-refractivity contribution in [3.05, 3.63) is 12.4 Å². The van der Waals surface area contributed by atoms with E-state index in [2.05, 4.69) is 20.9 Å². The Morgan fingerprint density at radius 2 is 2.25 bits per heavy atom. The SMILES string of the molecule is C#C[C@]1(COC(=O)OCC2OC(=O)OC2C)O[C@@H](n2cnc3c(N)nc(F)nc32)C[C@@H]1O. The number of terminal acetylenes is 1.